The highest BCUT2D eigenvalue weighted by molar-refractivity contribution is 7.47. The zero-order valence-electron chi connectivity index (χ0n) is 42.4. The van der Waals surface area contributed by atoms with E-state index in [9.17, 15) is 63.6 Å². The molecule has 4 rings (SSSR count). The van der Waals surface area contributed by atoms with Crippen LogP contribution in [0, 0.1) is 10.8 Å². The number of phosphoric ester groups is 2. The lowest BCUT2D eigenvalue weighted by atomic mass is 9.71. The molecule has 2 heterocycles. The standard InChI is InChI=1S/C52H66O19P2/c1-30(17-13-19-32(3)21-23-36-34(5)42(54)40(27-51(36,7)8)70-72(62,63)66-26-25-39-44(56)46(58)49(60)68-39)15-11-12-16-31(2)18-14-20-33(4)22-24-37-35(6)43(55)41(28-52(37,9)10)71-73(64,65)67-29-38(53)48-45(57)47(59)50(61)69-48/h11-24,38-41,48,53,56-59H,25-29H2,1-10H3,(H,62,63)(H,64,65)/p-1/b12-11+,17-13+,18-14+,23-21+,24-22+,30-15+,31-16+,32-19+,33-20+/t38-,39+,40?,41?,48+/m0/s1. The van der Waals surface area contributed by atoms with E-state index in [1.54, 1.807) is 13.8 Å². The number of esters is 2. The molecule has 0 saturated carbocycles. The summed E-state index contributed by atoms with van der Waals surface area (Å²) < 4.78 is 54.8. The van der Waals surface area contributed by atoms with Gasteiger partial charge in [-0.05, 0) is 87.5 Å². The Hall–Kier alpha value is -5.72. The number of aliphatic hydroxyl groups excluding tert-OH is 5. The molecule has 19 nitrogen and oxygen atoms in total. The summed E-state index contributed by atoms with van der Waals surface area (Å²) in [6.07, 6.45) is 19.0. The van der Waals surface area contributed by atoms with Gasteiger partial charge in [-0.25, -0.2) is 14.2 Å². The van der Waals surface area contributed by atoms with Gasteiger partial charge < -0.3 is 53.8 Å². The number of ketones is 2. The van der Waals surface area contributed by atoms with Crippen molar-refractivity contribution in [2.45, 2.75) is 119 Å². The van der Waals surface area contributed by atoms with Gasteiger partial charge >= 0.3 is 19.8 Å². The van der Waals surface area contributed by atoms with Crippen LogP contribution in [0.25, 0.3) is 0 Å². The predicted molar refractivity (Wildman–Crippen MR) is 267 cm³/mol. The SMILES string of the molecule is CC1=C(/C=C/C(C)=C/C=C/C(C)=C/C=C/C=C(C)/C=C/C=C(C)/C=C/C2=C(C)C(=O)C(OP(=O)(O)OCC[C@H]3OC(=O)C(O)=C3O)CC2(C)C)C(C)(C)CC(OP(=O)([O-])OC[C@H](O)[C@H]2OC(=O)C(O)=C2O)C1=O. The number of allylic oxidation sites excluding steroid dienone is 20. The highest BCUT2D eigenvalue weighted by atomic mass is 31.2. The molecule has 4 unspecified atom stereocenters. The number of aliphatic hydroxyl groups is 5. The number of phosphoric acid groups is 2. The fraction of sp³-hybridized carbons (Fsp3) is 0.423. The average molecular weight is 1060 g/mol. The van der Waals surface area contributed by atoms with E-state index < -0.39 is 117 Å². The van der Waals surface area contributed by atoms with Gasteiger partial charge in [0.25, 0.3) is 7.82 Å². The van der Waals surface area contributed by atoms with Crippen molar-refractivity contribution in [2.75, 3.05) is 13.2 Å². The fourth-order valence-electron chi connectivity index (χ4n) is 8.07. The number of cyclic esters (lactones) is 2. The fourth-order valence-corrected chi connectivity index (χ4v) is 9.83. The van der Waals surface area contributed by atoms with Gasteiger partial charge in [-0.3, -0.25) is 23.2 Å². The van der Waals surface area contributed by atoms with E-state index in [0.717, 1.165) is 27.9 Å². The van der Waals surface area contributed by atoms with Crippen LogP contribution >= 0.6 is 15.6 Å². The Bertz CT molecular complexity index is 2710. The van der Waals surface area contributed by atoms with Crippen molar-refractivity contribution in [3.8, 4) is 0 Å². The smallest absolute Gasteiger partial charge is 0.472 e. The van der Waals surface area contributed by atoms with Crippen molar-refractivity contribution in [3.63, 3.8) is 0 Å². The molecule has 0 aromatic heterocycles. The Morgan fingerprint density at radius 1 is 0.671 bits per heavy atom. The summed E-state index contributed by atoms with van der Waals surface area (Å²) >= 11 is 0. The number of Topliss-reactive ketones (excluding diaryl/α,β-unsaturated/α-hetero) is 2. The van der Waals surface area contributed by atoms with E-state index in [1.807, 2.05) is 140 Å². The van der Waals surface area contributed by atoms with E-state index in [-0.39, 0.29) is 19.3 Å². The molecule has 0 saturated heterocycles. The molecule has 7 atom stereocenters. The van der Waals surface area contributed by atoms with Crippen LogP contribution in [-0.4, -0.2) is 97.7 Å². The first-order valence-corrected chi connectivity index (χ1v) is 26.0. The molecule has 2 aliphatic carbocycles. The van der Waals surface area contributed by atoms with Gasteiger partial charge in [0.1, 0.15) is 18.3 Å². The molecule has 0 spiro atoms. The molecule has 0 aromatic carbocycles. The lowest BCUT2D eigenvalue weighted by Crippen LogP contribution is -2.38. The molecule has 398 valence electrons. The molecule has 0 radical (unpaired) electrons. The molecule has 4 aliphatic rings. The van der Waals surface area contributed by atoms with Crippen molar-refractivity contribution in [2.24, 2.45) is 10.8 Å². The molecule has 0 aromatic rings. The van der Waals surface area contributed by atoms with Crippen LogP contribution in [-0.2, 0) is 55.9 Å². The first-order valence-electron chi connectivity index (χ1n) is 23.1. The summed E-state index contributed by atoms with van der Waals surface area (Å²) in [7, 11) is -9.92. The maximum absolute atomic E-state index is 13.3. The Morgan fingerprint density at radius 3 is 1.53 bits per heavy atom. The van der Waals surface area contributed by atoms with Crippen LogP contribution in [0.1, 0.15) is 88.5 Å². The van der Waals surface area contributed by atoms with E-state index in [2.05, 4.69) is 4.74 Å². The zero-order chi connectivity index (χ0) is 54.8. The van der Waals surface area contributed by atoms with Crippen molar-refractivity contribution < 1.29 is 91.2 Å². The van der Waals surface area contributed by atoms with Crippen LogP contribution < -0.4 is 4.89 Å². The highest BCUT2D eigenvalue weighted by Gasteiger charge is 2.44. The van der Waals surface area contributed by atoms with Crippen LogP contribution in [0.15, 0.2) is 153 Å². The van der Waals surface area contributed by atoms with Crippen LogP contribution in [0.3, 0.4) is 0 Å². The van der Waals surface area contributed by atoms with Crippen LogP contribution in [0.5, 0.6) is 0 Å². The lowest BCUT2D eigenvalue weighted by Gasteiger charge is -2.38. The maximum atomic E-state index is 13.3. The molecular weight excluding hydrogens is 991 g/mol. The Balaban J connectivity index is 1.26. The second kappa shape index (κ2) is 25.0. The monoisotopic (exact) mass is 1060 g/mol. The van der Waals surface area contributed by atoms with Gasteiger partial charge in [-0.1, -0.05) is 135 Å². The summed E-state index contributed by atoms with van der Waals surface area (Å²) in [6, 6.07) is 0. The number of carbonyl (C=O) groups excluding carboxylic acids is 4. The van der Waals surface area contributed by atoms with Crippen LogP contribution in [0.4, 0.5) is 0 Å². The molecular formula is C52H65O19P2-. The minimum atomic E-state index is -5.18. The Morgan fingerprint density at radius 2 is 1.10 bits per heavy atom. The van der Waals surface area contributed by atoms with Crippen molar-refractivity contribution in [3.05, 3.63) is 153 Å². The van der Waals surface area contributed by atoms with Gasteiger partial charge in [0.2, 0.25) is 11.5 Å². The van der Waals surface area contributed by atoms with Gasteiger partial charge in [0.15, 0.2) is 35.3 Å². The molecule has 6 N–H and O–H groups in total. The zero-order valence-corrected chi connectivity index (χ0v) is 44.2. The average Bonchev–Trinajstić information content (AvgIpc) is 3.69. The van der Waals surface area contributed by atoms with E-state index >= 15 is 0 Å². The third-order valence-electron chi connectivity index (χ3n) is 12.1. The maximum Gasteiger partial charge on any atom is 0.472 e. The highest BCUT2D eigenvalue weighted by Crippen LogP contribution is 2.51. The largest absolute Gasteiger partial charge is 0.756 e. The minimum Gasteiger partial charge on any atom is -0.756 e. The minimum absolute atomic E-state index is 0.00416. The first kappa shape index (κ1) is 59.8. The Kier molecular flexibility index (Phi) is 20.5. The number of rotatable bonds is 22. The molecule has 2 aliphatic heterocycles. The van der Waals surface area contributed by atoms with Gasteiger partial charge in [-0.2, -0.15) is 0 Å². The number of ether oxygens (including phenoxy) is 2. The second-order valence-electron chi connectivity index (χ2n) is 19.2. The van der Waals surface area contributed by atoms with E-state index in [0.29, 0.717) is 16.7 Å². The number of hydrogen-bond acceptors (Lipinski definition) is 18. The van der Waals surface area contributed by atoms with Crippen molar-refractivity contribution in [1.29, 1.82) is 0 Å². The Labute approximate surface area is 424 Å². The topological polar surface area (TPSA) is 302 Å². The normalized spacial score (nSPS) is 25.9. The van der Waals surface area contributed by atoms with Gasteiger partial charge in [0.05, 0.1) is 13.2 Å². The van der Waals surface area contributed by atoms with Gasteiger partial charge in [0, 0.05) is 6.42 Å². The third-order valence-corrected chi connectivity index (χ3v) is 14.1. The van der Waals surface area contributed by atoms with E-state index in [1.165, 1.54) is 0 Å². The van der Waals surface area contributed by atoms with Crippen LogP contribution in [0.2, 0.25) is 0 Å². The van der Waals surface area contributed by atoms with Crippen molar-refractivity contribution >= 4 is 39.2 Å². The molecule has 0 fully saturated rings. The summed E-state index contributed by atoms with van der Waals surface area (Å²) in [5.74, 6) is -7.16. The van der Waals surface area contributed by atoms with Gasteiger partial charge in [-0.15, -0.1) is 0 Å². The summed E-state index contributed by atoms with van der Waals surface area (Å²) in [6.45, 7) is 16.9. The quantitative estimate of drug-likeness (QED) is 0.0335. The predicted octanol–water partition coefficient (Wildman–Crippen LogP) is 8.81. The summed E-state index contributed by atoms with van der Waals surface area (Å²) in [5, 5.41) is 48.5. The molecule has 0 amide bonds. The molecule has 21 heteroatoms. The molecule has 73 heavy (non-hydrogen) atoms. The van der Waals surface area contributed by atoms with Crippen molar-refractivity contribution in [1.82, 2.24) is 0 Å². The first-order chi connectivity index (χ1) is 33.9. The summed E-state index contributed by atoms with van der Waals surface area (Å²) in [4.78, 5) is 72.3. The summed E-state index contributed by atoms with van der Waals surface area (Å²) in [5.41, 5.74) is 4.55. The van der Waals surface area contributed by atoms with E-state index in [4.69, 9.17) is 22.8 Å². The lowest BCUT2D eigenvalue weighted by molar-refractivity contribution is -0.232. The number of hydrogen-bond donors (Lipinski definition) is 6. The number of carbonyl (C=O) groups is 4. The third kappa shape index (κ3) is 16.6. The second-order valence-corrected chi connectivity index (χ2v) is 21.9. The molecule has 0 bridgehead atoms.